The van der Waals surface area contributed by atoms with Crippen molar-refractivity contribution < 1.29 is 4.79 Å². The third-order valence-electron chi connectivity index (χ3n) is 3.91. The van der Waals surface area contributed by atoms with Gasteiger partial charge in [0.05, 0.1) is 12.1 Å². The average molecular weight is 303 g/mol. The van der Waals surface area contributed by atoms with E-state index in [4.69, 9.17) is 5.26 Å². The lowest BCUT2D eigenvalue weighted by molar-refractivity contribution is 0.0604. The Labute approximate surface area is 130 Å². The highest BCUT2D eigenvalue weighted by atomic mass is 32.2. The summed E-state index contributed by atoms with van der Waals surface area (Å²) in [6.45, 7) is 4.97. The molecule has 1 unspecified atom stereocenters. The van der Waals surface area contributed by atoms with Gasteiger partial charge in [-0.1, -0.05) is 6.92 Å². The number of carbonyl (C=O) groups excluding carboxylic acids is 1. The second kappa shape index (κ2) is 7.48. The van der Waals surface area contributed by atoms with Gasteiger partial charge in [0, 0.05) is 36.6 Å². The molecule has 0 aromatic heterocycles. The molecule has 2 rings (SSSR count). The zero-order chi connectivity index (χ0) is 15.2. The van der Waals surface area contributed by atoms with Gasteiger partial charge in [-0.25, -0.2) is 0 Å². The Balaban J connectivity index is 1.95. The first-order valence-corrected chi connectivity index (χ1v) is 8.49. The molecular weight excluding hydrogens is 282 g/mol. The lowest BCUT2D eigenvalue weighted by atomic mass is 10.1. The average Bonchev–Trinajstić information content (AvgIpc) is 2.56. The number of thioether (sulfide) groups is 1. The summed E-state index contributed by atoms with van der Waals surface area (Å²) in [5.41, 5.74) is 0.744. The summed E-state index contributed by atoms with van der Waals surface area (Å²) in [4.78, 5) is 17.7. The minimum absolute atomic E-state index is 0.0249. The fourth-order valence-electron chi connectivity index (χ4n) is 2.58. The van der Waals surface area contributed by atoms with E-state index >= 15 is 0 Å². The van der Waals surface area contributed by atoms with Crippen LogP contribution >= 0.6 is 11.8 Å². The van der Waals surface area contributed by atoms with Crippen LogP contribution in [0.4, 0.5) is 0 Å². The standard InChI is InChI=1S/C16H21N3OS/c1-3-14(12-17)18-8-10-19(11-9-18)16(20)13-4-6-15(21-2)7-5-13/h4-7,14H,3,8-11H2,1-2H3. The van der Waals surface area contributed by atoms with Crippen molar-refractivity contribution >= 4 is 17.7 Å². The van der Waals surface area contributed by atoms with Crippen molar-refractivity contribution in [1.29, 1.82) is 5.26 Å². The van der Waals surface area contributed by atoms with E-state index in [1.165, 1.54) is 0 Å². The van der Waals surface area contributed by atoms with Crippen molar-refractivity contribution in [3.05, 3.63) is 29.8 Å². The molecule has 112 valence electrons. The molecule has 0 aliphatic carbocycles. The first-order chi connectivity index (χ1) is 10.2. The molecule has 1 aliphatic heterocycles. The Hall–Kier alpha value is -1.51. The van der Waals surface area contributed by atoms with Gasteiger partial charge in [-0.15, -0.1) is 11.8 Å². The van der Waals surface area contributed by atoms with Gasteiger partial charge >= 0.3 is 0 Å². The maximum Gasteiger partial charge on any atom is 0.253 e. The summed E-state index contributed by atoms with van der Waals surface area (Å²) in [5.74, 6) is 0.0901. The van der Waals surface area contributed by atoms with Gasteiger partial charge in [0.25, 0.3) is 5.91 Å². The van der Waals surface area contributed by atoms with Crippen LogP contribution in [0.25, 0.3) is 0 Å². The van der Waals surface area contributed by atoms with Gasteiger partial charge in [-0.3, -0.25) is 9.69 Å². The second-order valence-electron chi connectivity index (χ2n) is 5.11. The SMILES string of the molecule is CCC(C#N)N1CCN(C(=O)c2ccc(SC)cc2)CC1. The van der Waals surface area contributed by atoms with Crippen LogP contribution in [-0.2, 0) is 0 Å². The van der Waals surface area contributed by atoms with E-state index in [1.54, 1.807) is 11.8 Å². The van der Waals surface area contributed by atoms with E-state index in [-0.39, 0.29) is 11.9 Å². The molecule has 0 spiro atoms. The fraction of sp³-hybridized carbons (Fsp3) is 0.500. The Morgan fingerprint density at radius 2 is 1.90 bits per heavy atom. The predicted molar refractivity (Wildman–Crippen MR) is 85.4 cm³/mol. The van der Waals surface area contributed by atoms with Crippen molar-refractivity contribution in [2.45, 2.75) is 24.3 Å². The first kappa shape index (κ1) is 15.9. The van der Waals surface area contributed by atoms with Crippen LogP contribution in [0.3, 0.4) is 0 Å². The van der Waals surface area contributed by atoms with E-state index < -0.39 is 0 Å². The number of rotatable bonds is 4. The molecule has 1 amide bonds. The number of hydrogen-bond donors (Lipinski definition) is 0. The van der Waals surface area contributed by atoms with Crippen LogP contribution in [0.1, 0.15) is 23.7 Å². The minimum atomic E-state index is -0.0249. The van der Waals surface area contributed by atoms with E-state index in [9.17, 15) is 4.79 Å². The van der Waals surface area contributed by atoms with E-state index in [1.807, 2.05) is 42.3 Å². The first-order valence-electron chi connectivity index (χ1n) is 7.26. The highest BCUT2D eigenvalue weighted by Crippen LogP contribution is 2.17. The van der Waals surface area contributed by atoms with E-state index in [0.717, 1.165) is 30.0 Å². The number of carbonyl (C=O) groups is 1. The molecule has 1 aromatic carbocycles. The van der Waals surface area contributed by atoms with Gasteiger partial charge in [0.15, 0.2) is 0 Å². The van der Waals surface area contributed by atoms with Crippen LogP contribution < -0.4 is 0 Å². The molecular formula is C16H21N3OS. The van der Waals surface area contributed by atoms with Crippen LogP contribution in [0.5, 0.6) is 0 Å². The Kier molecular flexibility index (Phi) is 5.66. The molecule has 21 heavy (non-hydrogen) atoms. The summed E-state index contributed by atoms with van der Waals surface area (Å²) in [5, 5.41) is 9.11. The molecule has 1 atom stereocenters. The zero-order valence-corrected chi connectivity index (χ0v) is 13.4. The number of piperazine rings is 1. The highest BCUT2D eigenvalue weighted by molar-refractivity contribution is 7.98. The summed E-state index contributed by atoms with van der Waals surface area (Å²) in [6, 6.07) is 10.1. The third-order valence-corrected chi connectivity index (χ3v) is 4.66. The summed E-state index contributed by atoms with van der Waals surface area (Å²) < 4.78 is 0. The van der Waals surface area contributed by atoms with Crippen molar-refractivity contribution in [2.24, 2.45) is 0 Å². The van der Waals surface area contributed by atoms with Gasteiger partial charge in [-0.05, 0) is 36.9 Å². The summed E-state index contributed by atoms with van der Waals surface area (Å²) in [6.07, 6.45) is 2.86. The second-order valence-corrected chi connectivity index (χ2v) is 5.99. The van der Waals surface area contributed by atoms with E-state index in [0.29, 0.717) is 13.1 Å². The number of amides is 1. The van der Waals surface area contributed by atoms with Gasteiger partial charge < -0.3 is 4.90 Å². The topological polar surface area (TPSA) is 47.3 Å². The fourth-order valence-corrected chi connectivity index (χ4v) is 2.99. The molecule has 0 bridgehead atoms. The molecule has 1 heterocycles. The summed E-state index contributed by atoms with van der Waals surface area (Å²) >= 11 is 1.67. The Morgan fingerprint density at radius 3 is 2.38 bits per heavy atom. The van der Waals surface area contributed by atoms with Crippen LogP contribution in [0.2, 0.25) is 0 Å². The Morgan fingerprint density at radius 1 is 1.29 bits per heavy atom. The normalized spacial score (nSPS) is 17.3. The molecule has 5 heteroatoms. The quantitative estimate of drug-likeness (QED) is 0.802. The lowest BCUT2D eigenvalue weighted by Crippen LogP contribution is -2.51. The van der Waals surface area contributed by atoms with Crippen molar-refractivity contribution in [1.82, 2.24) is 9.80 Å². The van der Waals surface area contributed by atoms with Gasteiger partial charge in [0.2, 0.25) is 0 Å². The Bertz CT molecular complexity index is 515. The van der Waals surface area contributed by atoms with Crippen molar-refractivity contribution in [3.63, 3.8) is 0 Å². The van der Waals surface area contributed by atoms with E-state index in [2.05, 4.69) is 11.0 Å². The number of nitrogens with zero attached hydrogens (tertiary/aromatic N) is 3. The van der Waals surface area contributed by atoms with Crippen LogP contribution in [-0.4, -0.2) is 54.2 Å². The van der Waals surface area contributed by atoms with Gasteiger partial charge in [0.1, 0.15) is 0 Å². The van der Waals surface area contributed by atoms with Crippen LogP contribution in [0.15, 0.2) is 29.2 Å². The molecule has 1 fully saturated rings. The predicted octanol–water partition coefficient (Wildman–Crippen LogP) is 2.47. The van der Waals surface area contributed by atoms with Gasteiger partial charge in [-0.2, -0.15) is 5.26 Å². The molecule has 0 saturated carbocycles. The molecule has 1 saturated heterocycles. The zero-order valence-electron chi connectivity index (χ0n) is 12.6. The largest absolute Gasteiger partial charge is 0.336 e. The third kappa shape index (κ3) is 3.78. The monoisotopic (exact) mass is 303 g/mol. The molecule has 4 nitrogen and oxygen atoms in total. The molecule has 1 aromatic rings. The number of nitriles is 1. The maximum absolute atomic E-state index is 12.5. The summed E-state index contributed by atoms with van der Waals surface area (Å²) in [7, 11) is 0. The number of benzene rings is 1. The highest BCUT2D eigenvalue weighted by Gasteiger charge is 2.25. The number of hydrogen-bond acceptors (Lipinski definition) is 4. The van der Waals surface area contributed by atoms with Crippen molar-refractivity contribution in [2.75, 3.05) is 32.4 Å². The smallest absolute Gasteiger partial charge is 0.253 e. The molecule has 1 aliphatic rings. The van der Waals surface area contributed by atoms with Crippen molar-refractivity contribution in [3.8, 4) is 6.07 Å². The molecule has 0 N–H and O–H groups in total. The lowest BCUT2D eigenvalue weighted by Gasteiger charge is -2.36. The maximum atomic E-state index is 12.5. The minimum Gasteiger partial charge on any atom is -0.336 e. The molecule has 0 radical (unpaired) electrons. The van der Waals surface area contributed by atoms with Crippen LogP contribution in [0, 0.1) is 11.3 Å².